The minimum atomic E-state index is -0.830. The lowest BCUT2D eigenvalue weighted by atomic mass is 10.2. The van der Waals surface area contributed by atoms with Crippen LogP contribution in [0.3, 0.4) is 0 Å². The van der Waals surface area contributed by atoms with E-state index in [2.05, 4.69) is 15.2 Å². The highest BCUT2D eigenvalue weighted by atomic mass is 16.4. The fourth-order valence-electron chi connectivity index (χ4n) is 0.627. The quantitative estimate of drug-likeness (QED) is 0.655. The molecule has 0 aliphatic rings. The van der Waals surface area contributed by atoms with Crippen molar-refractivity contribution < 1.29 is 9.90 Å². The van der Waals surface area contributed by atoms with Gasteiger partial charge in [0.05, 0.1) is 18.3 Å². The van der Waals surface area contributed by atoms with E-state index in [-0.39, 0.29) is 6.42 Å². The van der Waals surface area contributed by atoms with Crippen LogP contribution in [0.2, 0.25) is 0 Å². The van der Waals surface area contributed by atoms with E-state index in [0.717, 1.165) is 0 Å². The molecule has 0 spiro atoms. The van der Waals surface area contributed by atoms with E-state index in [1.807, 2.05) is 0 Å². The van der Waals surface area contributed by atoms with Gasteiger partial charge in [-0.15, -0.1) is 5.10 Å². The van der Waals surface area contributed by atoms with Gasteiger partial charge in [-0.2, -0.15) is 5.10 Å². The van der Waals surface area contributed by atoms with Crippen LogP contribution in [0, 0.1) is 0 Å². The van der Waals surface area contributed by atoms with Crippen LogP contribution in [-0.4, -0.2) is 26.3 Å². The first-order valence-corrected chi connectivity index (χ1v) is 3.12. The largest absolute Gasteiger partial charge is 0.481 e. The van der Waals surface area contributed by atoms with E-state index in [9.17, 15) is 4.79 Å². The standard InChI is InChI=1S/C6H7N3O2/c10-6(11)2-1-5-3-8-9-4-7-5/h3-4H,1-2H2,(H,10,11). The van der Waals surface area contributed by atoms with Crippen molar-refractivity contribution in [3.8, 4) is 0 Å². The SMILES string of the molecule is O=C(O)CCc1cnncn1. The molecule has 1 N–H and O–H groups in total. The molecule has 0 aliphatic carbocycles. The van der Waals surface area contributed by atoms with Crippen molar-refractivity contribution in [2.45, 2.75) is 12.8 Å². The molecule has 0 saturated carbocycles. The number of carboxylic acid groups (broad SMARTS) is 1. The molecular formula is C6H7N3O2. The Kier molecular flexibility index (Phi) is 2.48. The Balaban J connectivity index is 2.45. The second-order valence-corrected chi connectivity index (χ2v) is 1.99. The Labute approximate surface area is 63.1 Å². The monoisotopic (exact) mass is 153 g/mol. The average molecular weight is 153 g/mol. The first-order valence-electron chi connectivity index (χ1n) is 3.12. The molecule has 0 amide bonds. The van der Waals surface area contributed by atoms with E-state index in [1.54, 1.807) is 0 Å². The van der Waals surface area contributed by atoms with Crippen LogP contribution in [0.15, 0.2) is 12.5 Å². The van der Waals surface area contributed by atoms with Gasteiger partial charge in [-0.25, -0.2) is 4.98 Å². The number of carboxylic acids is 1. The molecule has 1 heterocycles. The highest BCUT2D eigenvalue weighted by Gasteiger charge is 1.98. The molecule has 0 atom stereocenters. The molecule has 1 aromatic rings. The third kappa shape index (κ3) is 2.70. The normalized spacial score (nSPS) is 9.45. The van der Waals surface area contributed by atoms with Gasteiger partial charge >= 0.3 is 5.97 Å². The van der Waals surface area contributed by atoms with Crippen LogP contribution in [0.25, 0.3) is 0 Å². The summed E-state index contributed by atoms with van der Waals surface area (Å²) in [5, 5.41) is 15.3. The van der Waals surface area contributed by atoms with Crippen molar-refractivity contribution in [1.82, 2.24) is 15.2 Å². The molecule has 11 heavy (non-hydrogen) atoms. The Bertz CT molecular complexity index is 237. The number of rotatable bonds is 3. The Morgan fingerprint density at radius 1 is 1.55 bits per heavy atom. The summed E-state index contributed by atoms with van der Waals surface area (Å²) >= 11 is 0. The maximum atomic E-state index is 10.1. The van der Waals surface area contributed by atoms with E-state index >= 15 is 0 Å². The van der Waals surface area contributed by atoms with Gasteiger partial charge in [0, 0.05) is 6.42 Å². The molecule has 0 fully saturated rings. The third-order valence-electron chi connectivity index (χ3n) is 1.14. The van der Waals surface area contributed by atoms with E-state index < -0.39 is 5.97 Å². The minimum Gasteiger partial charge on any atom is -0.481 e. The molecule has 5 heteroatoms. The molecule has 0 unspecified atom stereocenters. The van der Waals surface area contributed by atoms with Gasteiger partial charge in [0.1, 0.15) is 6.33 Å². The van der Waals surface area contributed by atoms with Crippen LogP contribution in [0.4, 0.5) is 0 Å². The molecule has 5 nitrogen and oxygen atoms in total. The number of aromatic nitrogens is 3. The maximum absolute atomic E-state index is 10.1. The zero-order valence-corrected chi connectivity index (χ0v) is 5.77. The predicted octanol–water partition coefficient (Wildman–Crippen LogP) is -0.111. The Morgan fingerprint density at radius 3 is 2.91 bits per heavy atom. The van der Waals surface area contributed by atoms with Gasteiger partial charge < -0.3 is 5.11 Å². The van der Waals surface area contributed by atoms with Crippen LogP contribution in [-0.2, 0) is 11.2 Å². The van der Waals surface area contributed by atoms with Crippen molar-refractivity contribution in [3.63, 3.8) is 0 Å². The summed E-state index contributed by atoms with van der Waals surface area (Å²) in [4.78, 5) is 13.9. The maximum Gasteiger partial charge on any atom is 0.303 e. The Hall–Kier alpha value is -1.52. The van der Waals surface area contributed by atoms with Crippen LogP contribution >= 0.6 is 0 Å². The van der Waals surface area contributed by atoms with E-state index in [1.165, 1.54) is 12.5 Å². The first kappa shape index (κ1) is 7.59. The first-order chi connectivity index (χ1) is 5.29. The minimum absolute atomic E-state index is 0.0820. The summed E-state index contributed by atoms with van der Waals surface area (Å²) in [7, 11) is 0. The number of aryl methyl sites for hydroxylation is 1. The molecular weight excluding hydrogens is 146 g/mol. The van der Waals surface area contributed by atoms with Crippen LogP contribution < -0.4 is 0 Å². The third-order valence-corrected chi connectivity index (χ3v) is 1.14. The summed E-state index contributed by atoms with van der Waals surface area (Å²) in [6, 6.07) is 0. The van der Waals surface area contributed by atoms with Crippen LogP contribution in [0.1, 0.15) is 12.1 Å². The second kappa shape index (κ2) is 3.60. The average Bonchev–Trinajstić information content (AvgIpc) is 2.03. The van der Waals surface area contributed by atoms with Gasteiger partial charge in [0.15, 0.2) is 0 Å². The number of aliphatic carboxylic acids is 1. The number of carbonyl (C=O) groups is 1. The molecule has 0 saturated heterocycles. The fraction of sp³-hybridized carbons (Fsp3) is 0.333. The van der Waals surface area contributed by atoms with Crippen molar-refractivity contribution in [2.24, 2.45) is 0 Å². The van der Waals surface area contributed by atoms with Gasteiger partial charge in [-0.1, -0.05) is 0 Å². The molecule has 58 valence electrons. The summed E-state index contributed by atoms with van der Waals surface area (Å²) in [6.45, 7) is 0. The lowest BCUT2D eigenvalue weighted by Crippen LogP contribution is -1.99. The summed E-state index contributed by atoms with van der Waals surface area (Å²) in [5.74, 6) is -0.830. The predicted molar refractivity (Wildman–Crippen MR) is 35.8 cm³/mol. The lowest BCUT2D eigenvalue weighted by Gasteiger charge is -1.93. The topological polar surface area (TPSA) is 76.0 Å². The highest BCUT2D eigenvalue weighted by Crippen LogP contribution is 1.94. The smallest absolute Gasteiger partial charge is 0.303 e. The molecule has 0 aromatic carbocycles. The molecule has 0 bridgehead atoms. The zero-order valence-electron chi connectivity index (χ0n) is 5.77. The summed E-state index contributed by atoms with van der Waals surface area (Å²) in [6.07, 6.45) is 3.25. The van der Waals surface area contributed by atoms with Crippen molar-refractivity contribution in [1.29, 1.82) is 0 Å². The molecule has 0 aliphatic heterocycles. The second-order valence-electron chi connectivity index (χ2n) is 1.99. The number of nitrogens with zero attached hydrogens (tertiary/aromatic N) is 3. The van der Waals surface area contributed by atoms with E-state index in [4.69, 9.17) is 5.11 Å². The zero-order chi connectivity index (χ0) is 8.10. The Morgan fingerprint density at radius 2 is 2.36 bits per heavy atom. The van der Waals surface area contributed by atoms with Crippen molar-refractivity contribution >= 4 is 5.97 Å². The van der Waals surface area contributed by atoms with Crippen LogP contribution in [0.5, 0.6) is 0 Å². The summed E-state index contributed by atoms with van der Waals surface area (Å²) < 4.78 is 0. The molecule has 1 aromatic heterocycles. The van der Waals surface area contributed by atoms with Gasteiger partial charge in [0.25, 0.3) is 0 Å². The lowest BCUT2D eigenvalue weighted by molar-refractivity contribution is -0.136. The van der Waals surface area contributed by atoms with Gasteiger partial charge in [-0.05, 0) is 0 Å². The van der Waals surface area contributed by atoms with Crippen molar-refractivity contribution in [2.75, 3.05) is 0 Å². The highest BCUT2D eigenvalue weighted by molar-refractivity contribution is 5.66. The molecule has 1 rings (SSSR count). The number of hydrogen-bond acceptors (Lipinski definition) is 4. The van der Waals surface area contributed by atoms with Crippen molar-refractivity contribution in [3.05, 3.63) is 18.2 Å². The van der Waals surface area contributed by atoms with Gasteiger partial charge in [-0.3, -0.25) is 4.79 Å². The van der Waals surface area contributed by atoms with Gasteiger partial charge in [0.2, 0.25) is 0 Å². The molecule has 0 radical (unpaired) electrons. The van der Waals surface area contributed by atoms with E-state index in [0.29, 0.717) is 12.1 Å². The fourth-order valence-corrected chi connectivity index (χ4v) is 0.627. The number of hydrogen-bond donors (Lipinski definition) is 1. The summed E-state index contributed by atoms with van der Waals surface area (Å²) in [5.41, 5.74) is 0.655.